The van der Waals surface area contributed by atoms with E-state index < -0.39 is 0 Å². The van der Waals surface area contributed by atoms with Gasteiger partial charge >= 0.3 is 6.03 Å². The fourth-order valence-corrected chi connectivity index (χ4v) is 4.22. The van der Waals surface area contributed by atoms with E-state index in [-0.39, 0.29) is 6.03 Å². The number of hydrogen-bond donors (Lipinski definition) is 2. The van der Waals surface area contributed by atoms with Crippen molar-refractivity contribution in [1.82, 2.24) is 20.1 Å². The van der Waals surface area contributed by atoms with E-state index in [4.69, 9.17) is 0 Å². The van der Waals surface area contributed by atoms with Crippen LogP contribution in [0.2, 0.25) is 0 Å². The molecule has 1 saturated heterocycles. The Labute approximate surface area is 154 Å². The second-order valence-corrected chi connectivity index (χ2v) is 7.51. The quantitative estimate of drug-likeness (QED) is 0.865. The number of aromatic amines is 1. The topological polar surface area (TPSA) is 73.9 Å². The molecule has 1 atom stereocenters. The molecule has 2 N–H and O–H groups in total. The van der Waals surface area contributed by atoms with Gasteiger partial charge in [0.2, 0.25) is 5.95 Å². The summed E-state index contributed by atoms with van der Waals surface area (Å²) in [6.45, 7) is 1.53. The fourth-order valence-electron chi connectivity index (χ4n) is 4.22. The molecule has 4 rings (SSSR count). The van der Waals surface area contributed by atoms with Gasteiger partial charge in [0.15, 0.2) is 0 Å². The zero-order valence-corrected chi connectivity index (χ0v) is 15.2. The number of H-pyrrole nitrogens is 1. The summed E-state index contributed by atoms with van der Waals surface area (Å²) in [7, 11) is 0. The highest BCUT2D eigenvalue weighted by Gasteiger charge is 2.26. The van der Waals surface area contributed by atoms with Crippen LogP contribution in [0.4, 0.5) is 10.7 Å². The molecular formula is C20H27N5O. The van der Waals surface area contributed by atoms with Crippen LogP contribution < -0.4 is 5.32 Å². The number of amides is 2. The van der Waals surface area contributed by atoms with Gasteiger partial charge in [-0.3, -0.25) is 10.4 Å². The number of carbonyl (C=O) groups excluding carboxylic acids is 1. The van der Waals surface area contributed by atoms with Gasteiger partial charge < -0.3 is 4.90 Å². The lowest BCUT2D eigenvalue weighted by atomic mass is 9.89. The van der Waals surface area contributed by atoms with Crippen LogP contribution in [0.5, 0.6) is 0 Å². The highest BCUT2D eigenvalue weighted by Crippen LogP contribution is 2.31. The molecule has 6 heteroatoms. The van der Waals surface area contributed by atoms with Crippen molar-refractivity contribution in [1.29, 1.82) is 0 Å². The molecule has 2 fully saturated rings. The normalized spacial score (nSPS) is 21.5. The number of aromatic nitrogens is 3. The predicted octanol–water partition coefficient (Wildman–Crippen LogP) is 4.26. The van der Waals surface area contributed by atoms with Crippen molar-refractivity contribution in [2.75, 3.05) is 18.4 Å². The molecule has 1 aliphatic heterocycles. The molecule has 1 saturated carbocycles. The third-order valence-corrected chi connectivity index (χ3v) is 5.69. The zero-order chi connectivity index (χ0) is 17.8. The van der Waals surface area contributed by atoms with E-state index in [2.05, 4.69) is 44.8 Å². The lowest BCUT2D eigenvalue weighted by Gasteiger charge is -2.32. The maximum Gasteiger partial charge on any atom is 0.324 e. The Morgan fingerprint density at radius 1 is 1.04 bits per heavy atom. The molecule has 2 heterocycles. The average molecular weight is 353 g/mol. The fraction of sp³-hybridized carbons (Fsp3) is 0.550. The first kappa shape index (κ1) is 17.1. The summed E-state index contributed by atoms with van der Waals surface area (Å²) in [5.41, 5.74) is 1.31. The van der Waals surface area contributed by atoms with Crippen molar-refractivity contribution in [3.63, 3.8) is 0 Å². The Morgan fingerprint density at radius 3 is 2.62 bits per heavy atom. The van der Waals surface area contributed by atoms with Gasteiger partial charge in [-0.25, -0.2) is 4.79 Å². The standard InChI is InChI=1S/C20H27N5O/c26-20(22-19-21-18(23-24-19)16-10-5-2-6-11-16)25-13-7-12-17(14-25)15-8-3-1-4-9-15/h1,3-4,8-9,16-17H,2,5-7,10-14H2,(H2,21,22,23,24,26)/t17-/m1/s1. The van der Waals surface area contributed by atoms with E-state index in [1.165, 1.54) is 24.8 Å². The molecule has 0 unspecified atom stereocenters. The van der Waals surface area contributed by atoms with Crippen LogP contribution in [0.3, 0.4) is 0 Å². The monoisotopic (exact) mass is 353 g/mol. The molecule has 6 nitrogen and oxygen atoms in total. The van der Waals surface area contributed by atoms with Gasteiger partial charge in [0.1, 0.15) is 5.82 Å². The Morgan fingerprint density at radius 2 is 1.81 bits per heavy atom. The first-order valence-electron chi connectivity index (χ1n) is 9.83. The summed E-state index contributed by atoms with van der Waals surface area (Å²) in [5, 5.41) is 10.1. The summed E-state index contributed by atoms with van der Waals surface area (Å²) in [5.74, 6) is 2.18. The largest absolute Gasteiger partial charge is 0.324 e. The van der Waals surface area contributed by atoms with E-state index in [1.54, 1.807) is 0 Å². The summed E-state index contributed by atoms with van der Waals surface area (Å²) in [4.78, 5) is 19.1. The van der Waals surface area contributed by atoms with Gasteiger partial charge in [-0.15, -0.1) is 5.10 Å². The van der Waals surface area contributed by atoms with Crippen LogP contribution >= 0.6 is 0 Å². The predicted molar refractivity (Wildman–Crippen MR) is 101 cm³/mol. The smallest absolute Gasteiger partial charge is 0.324 e. The van der Waals surface area contributed by atoms with Crippen LogP contribution in [-0.2, 0) is 0 Å². The number of hydrogen-bond acceptors (Lipinski definition) is 3. The molecule has 0 bridgehead atoms. The second-order valence-electron chi connectivity index (χ2n) is 7.51. The zero-order valence-electron chi connectivity index (χ0n) is 15.2. The van der Waals surface area contributed by atoms with E-state index in [1.807, 2.05) is 11.0 Å². The van der Waals surface area contributed by atoms with Crippen LogP contribution in [0, 0.1) is 0 Å². The lowest BCUT2D eigenvalue weighted by Crippen LogP contribution is -2.41. The molecule has 2 aliphatic rings. The van der Waals surface area contributed by atoms with Gasteiger partial charge in [-0.05, 0) is 31.2 Å². The maximum atomic E-state index is 12.7. The minimum Gasteiger partial charge on any atom is -0.324 e. The SMILES string of the molecule is O=C(Nc1n[nH]c(C2CCCCC2)n1)N1CCC[C@@H](c2ccccc2)C1. The first-order valence-corrected chi connectivity index (χ1v) is 9.83. The molecular weight excluding hydrogens is 326 g/mol. The number of likely N-dealkylation sites (tertiary alicyclic amines) is 1. The summed E-state index contributed by atoms with van der Waals surface area (Å²) < 4.78 is 0. The van der Waals surface area contributed by atoms with E-state index >= 15 is 0 Å². The van der Waals surface area contributed by atoms with Crippen molar-refractivity contribution in [3.05, 3.63) is 41.7 Å². The molecule has 2 aromatic rings. The Bertz CT molecular complexity index is 723. The number of piperidine rings is 1. The van der Waals surface area contributed by atoms with Crippen molar-refractivity contribution in [2.24, 2.45) is 0 Å². The van der Waals surface area contributed by atoms with Crippen molar-refractivity contribution < 1.29 is 4.79 Å². The Balaban J connectivity index is 1.36. The molecule has 0 spiro atoms. The van der Waals surface area contributed by atoms with Crippen LogP contribution in [0.25, 0.3) is 0 Å². The number of urea groups is 1. The minimum atomic E-state index is -0.0974. The summed E-state index contributed by atoms with van der Waals surface area (Å²) in [6, 6.07) is 10.4. The van der Waals surface area contributed by atoms with E-state index in [0.717, 1.165) is 44.6 Å². The Hall–Kier alpha value is -2.37. The Kier molecular flexibility index (Phi) is 5.18. The molecule has 1 aliphatic carbocycles. The lowest BCUT2D eigenvalue weighted by molar-refractivity contribution is 0.192. The molecule has 2 amide bonds. The highest BCUT2D eigenvalue weighted by atomic mass is 16.2. The van der Waals surface area contributed by atoms with Crippen LogP contribution in [-0.4, -0.2) is 39.2 Å². The molecule has 138 valence electrons. The summed E-state index contributed by atoms with van der Waals surface area (Å²) in [6.07, 6.45) is 8.28. The number of anilines is 1. The molecule has 1 aromatic carbocycles. The third kappa shape index (κ3) is 3.89. The van der Waals surface area contributed by atoms with Crippen molar-refractivity contribution >= 4 is 12.0 Å². The summed E-state index contributed by atoms with van der Waals surface area (Å²) >= 11 is 0. The molecule has 0 radical (unpaired) electrons. The highest BCUT2D eigenvalue weighted by molar-refractivity contribution is 5.87. The number of nitrogens with one attached hydrogen (secondary N) is 2. The third-order valence-electron chi connectivity index (χ3n) is 5.69. The van der Waals surface area contributed by atoms with Gasteiger partial charge in [-0.1, -0.05) is 49.6 Å². The van der Waals surface area contributed by atoms with Gasteiger partial charge in [0.05, 0.1) is 0 Å². The van der Waals surface area contributed by atoms with E-state index in [9.17, 15) is 4.79 Å². The van der Waals surface area contributed by atoms with Crippen molar-refractivity contribution in [2.45, 2.75) is 56.8 Å². The number of rotatable bonds is 3. The van der Waals surface area contributed by atoms with Gasteiger partial charge in [0.25, 0.3) is 0 Å². The number of nitrogens with zero attached hydrogens (tertiary/aromatic N) is 3. The minimum absolute atomic E-state index is 0.0974. The van der Waals surface area contributed by atoms with E-state index in [0.29, 0.717) is 17.8 Å². The number of carbonyl (C=O) groups is 1. The van der Waals surface area contributed by atoms with Crippen LogP contribution in [0.15, 0.2) is 30.3 Å². The maximum absolute atomic E-state index is 12.7. The number of benzene rings is 1. The molecule has 26 heavy (non-hydrogen) atoms. The van der Waals surface area contributed by atoms with Crippen LogP contribution in [0.1, 0.15) is 68.2 Å². The van der Waals surface area contributed by atoms with Gasteiger partial charge in [-0.2, -0.15) is 4.98 Å². The van der Waals surface area contributed by atoms with Gasteiger partial charge in [0, 0.05) is 24.9 Å². The molecule has 1 aromatic heterocycles. The second kappa shape index (κ2) is 7.89. The first-order chi connectivity index (χ1) is 12.8. The van der Waals surface area contributed by atoms with Crippen molar-refractivity contribution in [3.8, 4) is 0 Å². The average Bonchev–Trinajstić information content (AvgIpc) is 3.18.